The molecule has 4 aromatic rings. The highest BCUT2D eigenvalue weighted by molar-refractivity contribution is 6.36. The maximum absolute atomic E-state index is 13.5. The summed E-state index contributed by atoms with van der Waals surface area (Å²) in [5, 5.41) is 0.903. The summed E-state index contributed by atoms with van der Waals surface area (Å²) >= 11 is 12.9. The molecule has 0 bridgehead atoms. The average Bonchev–Trinajstić information content (AvgIpc) is 2.74. The van der Waals surface area contributed by atoms with Gasteiger partial charge in [-0.2, -0.15) is 0 Å². The first kappa shape index (κ1) is 18.4. The first-order valence-electron chi connectivity index (χ1n) is 8.61. The summed E-state index contributed by atoms with van der Waals surface area (Å²) < 4.78 is 0. The van der Waals surface area contributed by atoms with Crippen LogP contribution in [0.25, 0.3) is 22.3 Å². The van der Waals surface area contributed by atoms with Crippen LogP contribution >= 0.6 is 23.2 Å². The Kier molecular flexibility index (Phi) is 5.20. The third kappa shape index (κ3) is 3.42. The molecule has 3 nitrogen and oxygen atoms in total. The Balaban J connectivity index is 1.92. The van der Waals surface area contributed by atoms with Gasteiger partial charge in [0.1, 0.15) is 11.4 Å². The molecular formula is C23H14Cl2N2O. The van der Waals surface area contributed by atoms with E-state index in [9.17, 15) is 4.79 Å². The maximum atomic E-state index is 13.5. The van der Waals surface area contributed by atoms with Crippen LogP contribution in [0.3, 0.4) is 0 Å². The number of carbonyl (C=O) groups is 1. The number of hydrogen-bond acceptors (Lipinski definition) is 3. The largest absolute Gasteiger partial charge is 0.285 e. The number of carbonyl (C=O) groups excluding carboxylic acids is 1. The Bertz CT molecular complexity index is 1050. The number of pyridine rings is 2. The van der Waals surface area contributed by atoms with Crippen molar-refractivity contribution < 1.29 is 4.79 Å². The van der Waals surface area contributed by atoms with Crippen LogP contribution in [0, 0.1) is 0 Å². The van der Waals surface area contributed by atoms with Crippen LogP contribution in [0.5, 0.6) is 0 Å². The van der Waals surface area contributed by atoms with E-state index in [4.69, 9.17) is 23.2 Å². The fourth-order valence-electron chi connectivity index (χ4n) is 3.09. The third-order valence-corrected chi connectivity index (χ3v) is 4.99. The number of nitrogens with zero attached hydrogens (tertiary/aromatic N) is 2. The minimum absolute atomic E-state index is 0.241. The van der Waals surface area contributed by atoms with E-state index in [2.05, 4.69) is 9.97 Å². The fraction of sp³-hybridized carbons (Fsp3) is 0. The molecule has 0 amide bonds. The molecule has 2 heterocycles. The van der Waals surface area contributed by atoms with Gasteiger partial charge in [0.15, 0.2) is 0 Å². The molecule has 0 saturated heterocycles. The summed E-state index contributed by atoms with van der Waals surface area (Å²) in [5.41, 5.74) is 3.27. The van der Waals surface area contributed by atoms with E-state index >= 15 is 0 Å². The lowest BCUT2D eigenvalue weighted by atomic mass is 9.96. The van der Waals surface area contributed by atoms with Gasteiger partial charge in [0.05, 0.1) is 10.0 Å². The monoisotopic (exact) mass is 404 g/mol. The van der Waals surface area contributed by atoms with Gasteiger partial charge in [0.25, 0.3) is 0 Å². The molecule has 0 spiro atoms. The van der Waals surface area contributed by atoms with Gasteiger partial charge in [0, 0.05) is 23.5 Å². The maximum Gasteiger partial charge on any atom is 0.231 e. The second kappa shape index (κ2) is 7.93. The van der Waals surface area contributed by atoms with E-state index < -0.39 is 0 Å². The Morgan fingerprint density at radius 1 is 0.607 bits per heavy atom. The van der Waals surface area contributed by atoms with E-state index in [-0.39, 0.29) is 17.2 Å². The zero-order valence-electron chi connectivity index (χ0n) is 14.6. The Hall–Kier alpha value is -3.01. The smallest absolute Gasteiger partial charge is 0.231 e. The van der Waals surface area contributed by atoms with Crippen LogP contribution in [0.15, 0.2) is 85.2 Å². The molecule has 0 unspecified atom stereocenters. The van der Waals surface area contributed by atoms with Crippen molar-refractivity contribution in [2.24, 2.45) is 0 Å². The Morgan fingerprint density at radius 2 is 1.00 bits per heavy atom. The second-order valence-corrected chi connectivity index (χ2v) is 6.91. The molecule has 0 fully saturated rings. The quantitative estimate of drug-likeness (QED) is 0.372. The minimum atomic E-state index is -0.331. The third-order valence-electron chi connectivity index (χ3n) is 4.36. The molecule has 0 aliphatic heterocycles. The zero-order valence-corrected chi connectivity index (χ0v) is 16.2. The van der Waals surface area contributed by atoms with Crippen molar-refractivity contribution in [3.63, 3.8) is 0 Å². The first-order valence-corrected chi connectivity index (χ1v) is 9.37. The molecule has 5 heteroatoms. The summed E-state index contributed by atoms with van der Waals surface area (Å²) in [7, 11) is 0. The SMILES string of the molecule is O=C(c1nccc(Cl)c1-c1ccccc1)c1nccc(Cl)c1-c1ccccc1. The van der Waals surface area contributed by atoms with Gasteiger partial charge in [-0.3, -0.25) is 14.8 Å². The topological polar surface area (TPSA) is 42.9 Å². The standard InChI is InChI=1S/C23H14Cl2N2O/c24-17-11-13-26-21(19(17)15-7-3-1-4-8-15)23(28)22-20(18(25)12-14-27-22)16-9-5-2-6-10-16/h1-14H. The lowest BCUT2D eigenvalue weighted by molar-refractivity contribution is 0.103. The van der Waals surface area contributed by atoms with Crippen LogP contribution in [0.2, 0.25) is 10.0 Å². The lowest BCUT2D eigenvalue weighted by Gasteiger charge is -2.13. The molecular weight excluding hydrogens is 391 g/mol. The van der Waals surface area contributed by atoms with Crippen molar-refractivity contribution in [2.45, 2.75) is 0 Å². The van der Waals surface area contributed by atoms with Gasteiger partial charge in [-0.25, -0.2) is 0 Å². The zero-order chi connectivity index (χ0) is 19.5. The number of halogens is 2. The van der Waals surface area contributed by atoms with Crippen LogP contribution < -0.4 is 0 Å². The van der Waals surface area contributed by atoms with Crippen molar-refractivity contribution in [1.82, 2.24) is 9.97 Å². The molecule has 2 aromatic heterocycles. The van der Waals surface area contributed by atoms with Gasteiger partial charge in [-0.1, -0.05) is 83.9 Å². The summed E-state index contributed by atoms with van der Waals surface area (Å²) in [6.07, 6.45) is 3.05. The minimum Gasteiger partial charge on any atom is -0.285 e. The van der Waals surface area contributed by atoms with Gasteiger partial charge in [-0.15, -0.1) is 0 Å². The Morgan fingerprint density at radius 3 is 1.39 bits per heavy atom. The Labute approximate surface area is 172 Å². The highest BCUT2D eigenvalue weighted by atomic mass is 35.5. The molecule has 0 atom stereocenters. The van der Waals surface area contributed by atoms with Crippen molar-refractivity contribution in [2.75, 3.05) is 0 Å². The van der Waals surface area contributed by atoms with Crippen molar-refractivity contribution in [3.8, 4) is 22.3 Å². The second-order valence-electron chi connectivity index (χ2n) is 6.09. The van der Waals surface area contributed by atoms with Gasteiger partial charge in [-0.05, 0) is 23.3 Å². The first-order chi connectivity index (χ1) is 13.7. The summed E-state index contributed by atoms with van der Waals surface area (Å²) in [6.45, 7) is 0. The van der Waals surface area contributed by atoms with E-state index in [0.717, 1.165) is 11.1 Å². The molecule has 0 aliphatic carbocycles. The number of benzene rings is 2. The number of hydrogen-bond donors (Lipinski definition) is 0. The highest BCUT2D eigenvalue weighted by Crippen LogP contribution is 2.35. The number of aromatic nitrogens is 2. The van der Waals surface area contributed by atoms with Crippen molar-refractivity contribution in [3.05, 3.63) is 107 Å². The van der Waals surface area contributed by atoms with E-state index in [1.54, 1.807) is 12.1 Å². The molecule has 136 valence electrons. The van der Waals surface area contributed by atoms with Crippen molar-refractivity contribution >= 4 is 29.0 Å². The van der Waals surface area contributed by atoms with Crippen LogP contribution in [-0.2, 0) is 0 Å². The lowest BCUT2D eigenvalue weighted by Crippen LogP contribution is -2.10. The van der Waals surface area contributed by atoms with Crippen LogP contribution in [0.1, 0.15) is 16.2 Å². The molecule has 28 heavy (non-hydrogen) atoms. The van der Waals surface area contributed by atoms with Gasteiger partial charge < -0.3 is 0 Å². The summed E-state index contributed by atoms with van der Waals surface area (Å²) in [4.78, 5) is 22.2. The van der Waals surface area contributed by atoms with Gasteiger partial charge in [0.2, 0.25) is 5.78 Å². The summed E-state index contributed by atoms with van der Waals surface area (Å²) in [6, 6.07) is 22.3. The fourth-order valence-corrected chi connectivity index (χ4v) is 3.60. The van der Waals surface area contributed by atoms with Crippen LogP contribution in [-0.4, -0.2) is 15.8 Å². The van der Waals surface area contributed by atoms with Crippen LogP contribution in [0.4, 0.5) is 0 Å². The molecule has 0 N–H and O–H groups in total. The predicted molar refractivity (Wildman–Crippen MR) is 113 cm³/mol. The normalized spacial score (nSPS) is 10.6. The average molecular weight is 405 g/mol. The molecule has 2 aromatic carbocycles. The van der Waals surface area contributed by atoms with Crippen molar-refractivity contribution in [1.29, 1.82) is 0 Å². The molecule has 0 saturated carbocycles. The van der Waals surface area contributed by atoms with E-state index in [1.807, 2.05) is 60.7 Å². The van der Waals surface area contributed by atoms with E-state index in [1.165, 1.54) is 12.4 Å². The summed E-state index contributed by atoms with van der Waals surface area (Å²) in [5.74, 6) is -0.331. The molecule has 0 radical (unpaired) electrons. The predicted octanol–water partition coefficient (Wildman–Crippen LogP) is 6.35. The number of rotatable bonds is 4. The van der Waals surface area contributed by atoms with E-state index in [0.29, 0.717) is 21.2 Å². The number of ketones is 1. The molecule has 0 aliphatic rings. The van der Waals surface area contributed by atoms with Gasteiger partial charge >= 0.3 is 0 Å². The molecule has 4 rings (SSSR count). The highest BCUT2D eigenvalue weighted by Gasteiger charge is 2.24.